The highest BCUT2D eigenvalue weighted by atomic mass is 28.4. The molecule has 0 aliphatic carbocycles. The first-order valence-corrected chi connectivity index (χ1v) is 8.96. The van der Waals surface area contributed by atoms with Crippen molar-refractivity contribution in [3.63, 3.8) is 0 Å². The summed E-state index contributed by atoms with van der Waals surface area (Å²) < 4.78 is 6.25. The van der Waals surface area contributed by atoms with Crippen LogP contribution in [0.15, 0.2) is 29.4 Å². The van der Waals surface area contributed by atoms with Crippen LogP contribution in [0, 0.1) is 0 Å². The lowest BCUT2D eigenvalue weighted by atomic mass is 10.2. The van der Waals surface area contributed by atoms with Gasteiger partial charge in [-0.2, -0.15) is 0 Å². The molecule has 0 saturated carbocycles. The van der Waals surface area contributed by atoms with Crippen molar-refractivity contribution in [2.75, 3.05) is 0 Å². The Bertz CT molecular complexity index is 460. The van der Waals surface area contributed by atoms with Crippen molar-refractivity contribution in [2.24, 2.45) is 5.11 Å². The lowest BCUT2D eigenvalue weighted by molar-refractivity contribution is 0.487. The molecule has 0 aromatic heterocycles. The minimum atomic E-state index is -1.85. The summed E-state index contributed by atoms with van der Waals surface area (Å²) in [5.74, 6) is 0.844. The van der Waals surface area contributed by atoms with Crippen LogP contribution < -0.4 is 4.43 Å². The molecular formula is C13H21N3OSi. The maximum Gasteiger partial charge on any atom is 0.250 e. The summed E-state index contributed by atoms with van der Waals surface area (Å²) in [5, 5.41) is 3.76. The molecule has 0 amide bonds. The van der Waals surface area contributed by atoms with Crippen molar-refractivity contribution in [3.8, 4) is 5.75 Å². The average molecular weight is 263 g/mol. The first-order valence-electron chi connectivity index (χ1n) is 6.06. The van der Waals surface area contributed by atoms with Crippen molar-refractivity contribution in [1.29, 1.82) is 0 Å². The van der Waals surface area contributed by atoms with Gasteiger partial charge in [-0.05, 0) is 35.3 Å². The number of azide groups is 1. The molecule has 0 aliphatic heterocycles. The van der Waals surface area contributed by atoms with Crippen LogP contribution in [0.4, 0.5) is 0 Å². The van der Waals surface area contributed by atoms with Gasteiger partial charge in [-0.1, -0.05) is 44.1 Å². The Balaban J connectivity index is 3.00. The molecule has 0 aliphatic rings. The third kappa shape index (κ3) is 3.52. The second-order valence-corrected chi connectivity index (χ2v) is 10.6. The van der Waals surface area contributed by atoms with Gasteiger partial charge >= 0.3 is 0 Å². The van der Waals surface area contributed by atoms with E-state index in [1.807, 2.05) is 24.3 Å². The van der Waals surface area contributed by atoms with E-state index in [0.717, 1.165) is 11.3 Å². The van der Waals surface area contributed by atoms with Gasteiger partial charge in [-0.15, -0.1) is 0 Å². The molecule has 1 rings (SSSR count). The Morgan fingerprint density at radius 2 is 1.89 bits per heavy atom. The van der Waals surface area contributed by atoms with Crippen molar-refractivity contribution in [1.82, 2.24) is 0 Å². The second kappa shape index (κ2) is 5.46. The highest BCUT2D eigenvalue weighted by Gasteiger charge is 2.39. The molecule has 0 heterocycles. The quantitative estimate of drug-likeness (QED) is 0.330. The minimum Gasteiger partial charge on any atom is -0.543 e. The highest BCUT2D eigenvalue weighted by Crippen LogP contribution is 2.38. The van der Waals surface area contributed by atoms with Crippen LogP contribution in [0.5, 0.6) is 5.75 Å². The van der Waals surface area contributed by atoms with Crippen LogP contribution in [0.2, 0.25) is 18.1 Å². The van der Waals surface area contributed by atoms with Gasteiger partial charge in [0, 0.05) is 4.91 Å². The monoisotopic (exact) mass is 263 g/mol. The summed E-state index contributed by atoms with van der Waals surface area (Å²) in [7, 11) is -1.85. The molecule has 4 nitrogen and oxygen atoms in total. The predicted molar refractivity (Wildman–Crippen MR) is 77.1 cm³/mol. The first-order chi connectivity index (χ1) is 8.28. The molecule has 18 heavy (non-hydrogen) atoms. The van der Waals surface area contributed by atoms with Crippen LogP contribution in [0.3, 0.4) is 0 Å². The Morgan fingerprint density at radius 1 is 1.28 bits per heavy atom. The molecule has 98 valence electrons. The van der Waals surface area contributed by atoms with E-state index in [4.69, 9.17) is 9.96 Å². The van der Waals surface area contributed by atoms with Gasteiger partial charge in [-0.25, -0.2) is 0 Å². The van der Waals surface area contributed by atoms with E-state index >= 15 is 0 Å². The topological polar surface area (TPSA) is 58.0 Å². The normalized spacial score (nSPS) is 11.8. The van der Waals surface area contributed by atoms with E-state index in [9.17, 15) is 0 Å². The molecule has 0 unspecified atom stereocenters. The average Bonchev–Trinajstić information content (AvgIpc) is 2.26. The van der Waals surface area contributed by atoms with Gasteiger partial charge in [0.2, 0.25) is 8.32 Å². The van der Waals surface area contributed by atoms with E-state index in [0.29, 0.717) is 6.54 Å². The summed E-state index contributed by atoms with van der Waals surface area (Å²) >= 11 is 0. The van der Waals surface area contributed by atoms with Crippen LogP contribution in [0.25, 0.3) is 10.4 Å². The second-order valence-electron chi connectivity index (χ2n) is 5.86. The Kier molecular flexibility index (Phi) is 4.43. The van der Waals surface area contributed by atoms with Gasteiger partial charge in [-0.3, -0.25) is 0 Å². The zero-order chi connectivity index (χ0) is 13.8. The fourth-order valence-electron chi connectivity index (χ4n) is 1.27. The van der Waals surface area contributed by atoms with E-state index in [1.165, 1.54) is 0 Å². The van der Waals surface area contributed by atoms with E-state index < -0.39 is 8.32 Å². The van der Waals surface area contributed by atoms with Gasteiger partial charge < -0.3 is 4.43 Å². The first kappa shape index (κ1) is 14.6. The smallest absolute Gasteiger partial charge is 0.250 e. The fourth-order valence-corrected chi connectivity index (χ4v) is 2.32. The standard InChI is InChI=1S/C13H21N3OSi/c1-13(2,3)18(4,5)17-12-9-7-6-8-11(12)10-15-16-14/h6-9H,10H2,1-5H3. The summed E-state index contributed by atoms with van der Waals surface area (Å²) in [6, 6.07) is 7.77. The predicted octanol–water partition coefficient (Wildman–Crippen LogP) is 4.88. The van der Waals surface area contributed by atoms with Crippen molar-refractivity contribution in [2.45, 2.75) is 45.4 Å². The molecule has 0 saturated heterocycles. The van der Waals surface area contributed by atoms with Crippen molar-refractivity contribution in [3.05, 3.63) is 40.3 Å². The number of hydrogen-bond acceptors (Lipinski definition) is 2. The number of rotatable bonds is 4. The molecule has 0 atom stereocenters. The summed E-state index contributed by atoms with van der Waals surface area (Å²) in [5.41, 5.74) is 9.35. The molecule has 0 bridgehead atoms. The van der Waals surface area contributed by atoms with Gasteiger partial charge in [0.05, 0.1) is 6.54 Å². The Morgan fingerprint density at radius 3 is 2.44 bits per heavy atom. The number of nitrogens with zero attached hydrogens (tertiary/aromatic N) is 3. The molecule has 0 radical (unpaired) electrons. The maximum atomic E-state index is 8.41. The van der Waals surface area contributed by atoms with E-state index in [2.05, 4.69) is 43.9 Å². The fraction of sp³-hybridized carbons (Fsp3) is 0.538. The van der Waals surface area contributed by atoms with Crippen LogP contribution in [0.1, 0.15) is 26.3 Å². The lowest BCUT2D eigenvalue weighted by Gasteiger charge is -2.37. The lowest BCUT2D eigenvalue weighted by Crippen LogP contribution is -2.44. The Labute approximate surface area is 110 Å². The van der Waals surface area contributed by atoms with Crippen LogP contribution in [-0.2, 0) is 6.54 Å². The minimum absolute atomic E-state index is 0.151. The molecule has 5 heteroatoms. The molecule has 1 aromatic carbocycles. The SMILES string of the molecule is CC(C)(C)[Si](C)(C)Oc1ccccc1CN=[N+]=[N-]. The molecule has 0 N–H and O–H groups in total. The number of hydrogen-bond donors (Lipinski definition) is 0. The zero-order valence-electron chi connectivity index (χ0n) is 11.8. The van der Waals surface area contributed by atoms with E-state index in [1.54, 1.807) is 0 Å². The number of para-hydroxylation sites is 1. The molecule has 1 aromatic rings. The Hall–Kier alpha value is -1.45. The number of benzene rings is 1. The van der Waals surface area contributed by atoms with Crippen LogP contribution >= 0.6 is 0 Å². The highest BCUT2D eigenvalue weighted by molar-refractivity contribution is 6.74. The summed E-state index contributed by atoms with van der Waals surface area (Å²) in [6.07, 6.45) is 0. The third-order valence-corrected chi connectivity index (χ3v) is 7.79. The summed E-state index contributed by atoms with van der Waals surface area (Å²) in [6.45, 7) is 11.4. The molecule has 0 spiro atoms. The van der Waals surface area contributed by atoms with Crippen molar-refractivity contribution < 1.29 is 4.43 Å². The maximum absolute atomic E-state index is 8.41. The molecule has 0 fully saturated rings. The van der Waals surface area contributed by atoms with E-state index in [-0.39, 0.29) is 5.04 Å². The largest absolute Gasteiger partial charge is 0.543 e. The van der Waals surface area contributed by atoms with Gasteiger partial charge in [0.25, 0.3) is 0 Å². The van der Waals surface area contributed by atoms with Gasteiger partial charge in [0.15, 0.2) is 0 Å². The van der Waals surface area contributed by atoms with Gasteiger partial charge in [0.1, 0.15) is 5.75 Å². The van der Waals surface area contributed by atoms with Crippen molar-refractivity contribution >= 4 is 8.32 Å². The zero-order valence-corrected chi connectivity index (χ0v) is 12.8. The third-order valence-electron chi connectivity index (χ3n) is 3.45. The van der Waals surface area contributed by atoms with Crippen LogP contribution in [-0.4, -0.2) is 8.32 Å². The molecular weight excluding hydrogens is 242 g/mol. The summed E-state index contributed by atoms with van der Waals surface area (Å²) in [4.78, 5) is 2.80.